The van der Waals surface area contributed by atoms with Gasteiger partial charge in [-0.3, -0.25) is 4.79 Å². The molecule has 1 saturated carbocycles. The summed E-state index contributed by atoms with van der Waals surface area (Å²) >= 11 is 0. The van der Waals surface area contributed by atoms with Crippen LogP contribution in [0, 0.1) is 0 Å². The Morgan fingerprint density at radius 3 is 2.70 bits per heavy atom. The zero-order chi connectivity index (χ0) is 14.8. The van der Waals surface area contributed by atoms with E-state index in [4.69, 9.17) is 5.73 Å². The van der Waals surface area contributed by atoms with Crippen LogP contribution in [0.2, 0.25) is 0 Å². The van der Waals surface area contributed by atoms with Gasteiger partial charge in [-0.25, -0.2) is 9.97 Å². The first kappa shape index (κ1) is 14.6. The fraction of sp³-hybridized carbons (Fsp3) is 0.643. The molecule has 0 saturated heterocycles. The number of rotatable bonds is 5. The lowest BCUT2D eigenvalue weighted by Gasteiger charge is -2.18. The van der Waals surface area contributed by atoms with Crippen molar-refractivity contribution in [3.8, 4) is 0 Å². The van der Waals surface area contributed by atoms with E-state index in [0.717, 1.165) is 12.8 Å². The average Bonchev–Trinajstić information content (AvgIpc) is 3.11. The van der Waals surface area contributed by atoms with E-state index in [0.29, 0.717) is 36.5 Å². The Hall–Kier alpha value is -1.85. The van der Waals surface area contributed by atoms with E-state index in [2.05, 4.69) is 20.6 Å². The largest absolute Gasteiger partial charge is 0.384 e. The van der Waals surface area contributed by atoms with Gasteiger partial charge in [0.1, 0.15) is 17.5 Å². The highest BCUT2D eigenvalue weighted by Gasteiger charge is 2.23. The zero-order valence-electron chi connectivity index (χ0n) is 12.4. The van der Waals surface area contributed by atoms with Gasteiger partial charge in [-0.05, 0) is 12.8 Å². The number of carbonyl (C=O) groups is 1. The molecule has 0 atom stereocenters. The summed E-state index contributed by atoms with van der Waals surface area (Å²) in [7, 11) is 0. The van der Waals surface area contributed by atoms with Crippen molar-refractivity contribution < 1.29 is 4.79 Å². The molecule has 4 N–H and O–H groups in total. The van der Waals surface area contributed by atoms with Crippen molar-refractivity contribution in [3.05, 3.63) is 11.9 Å². The number of nitrogens with two attached hydrogens (primary N) is 1. The van der Waals surface area contributed by atoms with Crippen LogP contribution in [0.5, 0.6) is 0 Å². The molecule has 1 heterocycles. The van der Waals surface area contributed by atoms with Gasteiger partial charge in [-0.1, -0.05) is 20.8 Å². The first-order chi connectivity index (χ1) is 9.34. The second-order valence-corrected chi connectivity index (χ2v) is 6.27. The van der Waals surface area contributed by atoms with Gasteiger partial charge in [0.05, 0.1) is 0 Å². The molecule has 20 heavy (non-hydrogen) atoms. The number of hydrogen-bond acceptors (Lipinski definition) is 5. The molecule has 0 aromatic carbocycles. The molecule has 1 fully saturated rings. The lowest BCUT2D eigenvalue weighted by molar-refractivity contribution is -0.120. The summed E-state index contributed by atoms with van der Waals surface area (Å²) in [6.07, 6.45) is 2.65. The van der Waals surface area contributed by atoms with Crippen molar-refractivity contribution in [2.45, 2.75) is 51.5 Å². The fourth-order valence-corrected chi connectivity index (χ4v) is 1.72. The van der Waals surface area contributed by atoms with Gasteiger partial charge in [0, 0.05) is 30.5 Å². The number of hydrogen-bond donors (Lipinski definition) is 3. The van der Waals surface area contributed by atoms with Crippen LogP contribution in [0.1, 0.15) is 45.9 Å². The maximum atomic E-state index is 11.6. The van der Waals surface area contributed by atoms with Gasteiger partial charge in [0.15, 0.2) is 0 Å². The highest BCUT2D eigenvalue weighted by molar-refractivity contribution is 5.77. The van der Waals surface area contributed by atoms with Crippen molar-refractivity contribution in [2.24, 2.45) is 0 Å². The standard InChI is InChI=1S/C14H23N5O/c1-14(2,3)13-18-10(15)8-11(19-13)16-7-6-12(20)17-9-4-5-9/h8-9H,4-7H2,1-3H3,(H,17,20)(H3,15,16,18,19). The molecule has 2 rings (SSSR count). The van der Waals surface area contributed by atoms with E-state index in [1.807, 2.05) is 20.8 Å². The summed E-state index contributed by atoms with van der Waals surface area (Å²) in [5.41, 5.74) is 5.63. The molecular weight excluding hydrogens is 254 g/mol. The quantitative estimate of drug-likeness (QED) is 0.757. The second kappa shape index (κ2) is 5.64. The number of anilines is 2. The average molecular weight is 277 g/mol. The van der Waals surface area contributed by atoms with E-state index >= 15 is 0 Å². The normalized spacial score (nSPS) is 14.9. The maximum Gasteiger partial charge on any atom is 0.221 e. The molecular formula is C14H23N5O. The van der Waals surface area contributed by atoms with Gasteiger partial charge in [0.2, 0.25) is 5.91 Å². The van der Waals surface area contributed by atoms with Gasteiger partial charge in [-0.2, -0.15) is 0 Å². The van der Waals surface area contributed by atoms with Crippen LogP contribution in [0.3, 0.4) is 0 Å². The monoisotopic (exact) mass is 277 g/mol. The lowest BCUT2D eigenvalue weighted by Crippen LogP contribution is -2.27. The predicted molar refractivity (Wildman–Crippen MR) is 79.4 cm³/mol. The minimum absolute atomic E-state index is 0.0815. The van der Waals surface area contributed by atoms with Gasteiger partial charge >= 0.3 is 0 Å². The van der Waals surface area contributed by atoms with Gasteiger partial charge in [0.25, 0.3) is 0 Å². The number of nitrogen functional groups attached to an aromatic ring is 1. The number of amides is 1. The first-order valence-electron chi connectivity index (χ1n) is 7.03. The van der Waals surface area contributed by atoms with E-state index in [1.165, 1.54) is 0 Å². The number of aromatic nitrogens is 2. The zero-order valence-corrected chi connectivity index (χ0v) is 12.4. The fourth-order valence-electron chi connectivity index (χ4n) is 1.72. The summed E-state index contributed by atoms with van der Waals surface area (Å²) < 4.78 is 0. The third-order valence-electron chi connectivity index (χ3n) is 3.02. The number of nitrogens with one attached hydrogen (secondary N) is 2. The van der Waals surface area contributed by atoms with Gasteiger partial charge < -0.3 is 16.4 Å². The Labute approximate surface area is 119 Å². The third kappa shape index (κ3) is 4.36. The SMILES string of the molecule is CC(C)(C)c1nc(N)cc(NCCC(=O)NC2CC2)n1. The highest BCUT2D eigenvalue weighted by Crippen LogP contribution is 2.21. The minimum Gasteiger partial charge on any atom is -0.384 e. The molecule has 0 aliphatic heterocycles. The summed E-state index contributed by atoms with van der Waals surface area (Å²) in [4.78, 5) is 20.3. The van der Waals surface area contributed by atoms with Crippen LogP contribution >= 0.6 is 0 Å². The summed E-state index contributed by atoms with van der Waals surface area (Å²) in [6, 6.07) is 2.10. The van der Waals surface area contributed by atoms with Crippen LogP contribution in [0.15, 0.2) is 6.07 Å². The Bertz CT molecular complexity index is 491. The second-order valence-electron chi connectivity index (χ2n) is 6.27. The molecule has 0 radical (unpaired) electrons. The molecule has 1 amide bonds. The van der Waals surface area contributed by atoms with E-state index in [-0.39, 0.29) is 11.3 Å². The van der Waals surface area contributed by atoms with Crippen LogP contribution < -0.4 is 16.4 Å². The Kier molecular flexibility index (Phi) is 4.11. The summed E-state index contributed by atoms with van der Waals surface area (Å²) in [5, 5.41) is 6.08. The van der Waals surface area contributed by atoms with Crippen LogP contribution in [0.4, 0.5) is 11.6 Å². The molecule has 6 nitrogen and oxygen atoms in total. The first-order valence-corrected chi connectivity index (χ1v) is 7.03. The molecule has 0 bridgehead atoms. The van der Waals surface area contributed by atoms with Crippen LogP contribution in [-0.4, -0.2) is 28.5 Å². The third-order valence-corrected chi connectivity index (χ3v) is 3.02. The van der Waals surface area contributed by atoms with Crippen molar-refractivity contribution >= 4 is 17.5 Å². The van der Waals surface area contributed by atoms with E-state index in [9.17, 15) is 4.79 Å². The molecule has 1 aromatic heterocycles. The molecule has 1 aliphatic carbocycles. The van der Waals surface area contributed by atoms with E-state index in [1.54, 1.807) is 6.07 Å². The Balaban J connectivity index is 1.88. The van der Waals surface area contributed by atoms with Crippen molar-refractivity contribution in [2.75, 3.05) is 17.6 Å². The molecule has 1 aliphatic rings. The molecule has 110 valence electrons. The molecule has 1 aromatic rings. The summed E-state index contributed by atoms with van der Waals surface area (Å²) in [6.45, 7) is 6.65. The van der Waals surface area contributed by atoms with E-state index < -0.39 is 0 Å². The predicted octanol–water partition coefficient (Wildman–Crippen LogP) is 1.44. The Morgan fingerprint density at radius 1 is 1.40 bits per heavy atom. The van der Waals surface area contributed by atoms with Crippen LogP contribution in [0.25, 0.3) is 0 Å². The minimum atomic E-state index is -0.158. The highest BCUT2D eigenvalue weighted by atomic mass is 16.1. The topological polar surface area (TPSA) is 92.9 Å². The molecule has 0 spiro atoms. The lowest BCUT2D eigenvalue weighted by atomic mass is 9.96. The smallest absolute Gasteiger partial charge is 0.221 e. The van der Waals surface area contributed by atoms with Crippen molar-refractivity contribution in [1.29, 1.82) is 0 Å². The Morgan fingerprint density at radius 2 is 2.10 bits per heavy atom. The number of nitrogens with zero attached hydrogens (tertiary/aromatic N) is 2. The maximum absolute atomic E-state index is 11.6. The summed E-state index contributed by atoms with van der Waals surface area (Å²) in [5.74, 6) is 1.89. The molecule has 6 heteroatoms. The van der Waals surface area contributed by atoms with Gasteiger partial charge in [-0.15, -0.1) is 0 Å². The molecule has 0 unspecified atom stereocenters. The van der Waals surface area contributed by atoms with Crippen molar-refractivity contribution in [3.63, 3.8) is 0 Å². The number of carbonyl (C=O) groups excluding carboxylic acids is 1. The van der Waals surface area contributed by atoms with Crippen molar-refractivity contribution in [1.82, 2.24) is 15.3 Å². The van der Waals surface area contributed by atoms with Crippen LogP contribution in [-0.2, 0) is 10.2 Å².